The van der Waals surface area contributed by atoms with E-state index in [9.17, 15) is 4.79 Å². The van der Waals surface area contributed by atoms with E-state index in [4.69, 9.17) is 5.11 Å². The summed E-state index contributed by atoms with van der Waals surface area (Å²) >= 11 is 0. The molecule has 1 unspecified atom stereocenters. The average Bonchev–Trinajstić information content (AvgIpc) is 2.71. The molecule has 0 saturated heterocycles. The van der Waals surface area contributed by atoms with Crippen molar-refractivity contribution < 1.29 is 9.90 Å². The van der Waals surface area contributed by atoms with Crippen LogP contribution < -0.4 is 5.32 Å². The number of hydrogen-bond acceptors (Lipinski definition) is 2. The van der Waals surface area contributed by atoms with Gasteiger partial charge in [-0.25, -0.2) is 0 Å². The van der Waals surface area contributed by atoms with Gasteiger partial charge >= 0.3 is 0 Å². The maximum atomic E-state index is 11.9. The molecule has 15 heavy (non-hydrogen) atoms. The molecule has 1 rings (SSSR count). The molecule has 0 aromatic rings. The Balaban J connectivity index is 2.46. The number of nitrogens with one attached hydrogen (secondary N) is 1. The number of carbonyl (C=O) groups excluding carboxylic acids is 1. The standard InChI is InChI=1S/C12H23NO2/c1-3-12(2,8-9-14)13-11(15)10-6-4-5-7-10/h10,14H,3-9H2,1-2H3,(H,13,15). The lowest BCUT2D eigenvalue weighted by Crippen LogP contribution is -2.48. The minimum atomic E-state index is -0.228. The molecule has 0 heterocycles. The van der Waals surface area contributed by atoms with Crippen molar-refractivity contribution >= 4 is 5.91 Å². The van der Waals surface area contributed by atoms with E-state index in [1.165, 1.54) is 12.8 Å². The zero-order valence-electron chi connectivity index (χ0n) is 9.88. The molecule has 88 valence electrons. The van der Waals surface area contributed by atoms with E-state index in [1.807, 2.05) is 13.8 Å². The third-order valence-electron chi connectivity index (χ3n) is 3.59. The van der Waals surface area contributed by atoms with Gasteiger partial charge in [-0.05, 0) is 32.6 Å². The minimum Gasteiger partial charge on any atom is -0.396 e. The zero-order chi connectivity index (χ0) is 11.3. The highest BCUT2D eigenvalue weighted by Gasteiger charge is 2.29. The Morgan fingerprint density at radius 2 is 2.07 bits per heavy atom. The van der Waals surface area contributed by atoms with Crippen molar-refractivity contribution in [1.29, 1.82) is 0 Å². The van der Waals surface area contributed by atoms with E-state index >= 15 is 0 Å². The van der Waals surface area contributed by atoms with E-state index in [0.29, 0.717) is 6.42 Å². The summed E-state index contributed by atoms with van der Waals surface area (Å²) in [4.78, 5) is 11.9. The molecule has 3 heteroatoms. The quantitative estimate of drug-likeness (QED) is 0.732. The first-order valence-corrected chi connectivity index (χ1v) is 6.04. The first kappa shape index (κ1) is 12.5. The summed E-state index contributed by atoms with van der Waals surface area (Å²) in [5, 5.41) is 12.0. The summed E-state index contributed by atoms with van der Waals surface area (Å²) in [6, 6.07) is 0. The van der Waals surface area contributed by atoms with Crippen molar-refractivity contribution in [2.75, 3.05) is 6.61 Å². The van der Waals surface area contributed by atoms with Crippen LogP contribution in [0.3, 0.4) is 0 Å². The first-order valence-electron chi connectivity index (χ1n) is 6.04. The lowest BCUT2D eigenvalue weighted by Gasteiger charge is -2.30. The molecule has 1 fully saturated rings. The maximum absolute atomic E-state index is 11.9. The summed E-state index contributed by atoms with van der Waals surface area (Å²) in [5.41, 5.74) is -0.228. The Bertz CT molecular complexity index is 212. The van der Waals surface area contributed by atoms with Crippen LogP contribution in [-0.2, 0) is 4.79 Å². The highest BCUT2D eigenvalue weighted by atomic mass is 16.3. The van der Waals surface area contributed by atoms with Crippen molar-refractivity contribution in [1.82, 2.24) is 5.32 Å². The summed E-state index contributed by atoms with van der Waals surface area (Å²) in [7, 11) is 0. The van der Waals surface area contributed by atoms with Crippen LogP contribution in [0.15, 0.2) is 0 Å². The van der Waals surface area contributed by atoms with Crippen LogP contribution in [0.4, 0.5) is 0 Å². The van der Waals surface area contributed by atoms with Gasteiger partial charge in [0.25, 0.3) is 0 Å². The van der Waals surface area contributed by atoms with Crippen LogP contribution in [0.1, 0.15) is 52.4 Å². The third kappa shape index (κ3) is 3.49. The van der Waals surface area contributed by atoms with E-state index in [2.05, 4.69) is 5.32 Å². The second-order valence-electron chi connectivity index (χ2n) is 4.86. The van der Waals surface area contributed by atoms with Gasteiger partial charge in [-0.3, -0.25) is 4.79 Å². The highest BCUT2D eigenvalue weighted by Crippen LogP contribution is 2.26. The van der Waals surface area contributed by atoms with Crippen LogP contribution in [0, 0.1) is 5.92 Å². The van der Waals surface area contributed by atoms with Crippen LogP contribution in [-0.4, -0.2) is 23.2 Å². The van der Waals surface area contributed by atoms with Crippen LogP contribution >= 0.6 is 0 Å². The van der Waals surface area contributed by atoms with Gasteiger partial charge in [0.2, 0.25) is 5.91 Å². The van der Waals surface area contributed by atoms with Crippen LogP contribution in [0.5, 0.6) is 0 Å². The third-order valence-corrected chi connectivity index (χ3v) is 3.59. The number of rotatable bonds is 5. The lowest BCUT2D eigenvalue weighted by atomic mass is 9.93. The van der Waals surface area contributed by atoms with Gasteiger partial charge in [-0.1, -0.05) is 19.8 Å². The van der Waals surface area contributed by atoms with Crippen molar-refractivity contribution in [3.05, 3.63) is 0 Å². The van der Waals surface area contributed by atoms with Gasteiger partial charge in [-0.15, -0.1) is 0 Å². The van der Waals surface area contributed by atoms with Gasteiger partial charge in [-0.2, -0.15) is 0 Å². The Morgan fingerprint density at radius 3 is 2.53 bits per heavy atom. The molecule has 1 saturated carbocycles. The molecule has 1 aliphatic rings. The molecule has 0 spiro atoms. The van der Waals surface area contributed by atoms with Crippen molar-refractivity contribution in [3.8, 4) is 0 Å². The molecule has 1 amide bonds. The Kier molecular flexibility index (Phi) is 4.58. The molecule has 3 nitrogen and oxygen atoms in total. The van der Waals surface area contributed by atoms with Crippen LogP contribution in [0.25, 0.3) is 0 Å². The molecule has 0 aliphatic heterocycles. The second-order valence-corrected chi connectivity index (χ2v) is 4.86. The topological polar surface area (TPSA) is 49.3 Å². The average molecular weight is 213 g/mol. The zero-order valence-corrected chi connectivity index (χ0v) is 9.88. The van der Waals surface area contributed by atoms with Gasteiger partial charge in [0, 0.05) is 18.1 Å². The fourth-order valence-electron chi connectivity index (χ4n) is 2.16. The number of aliphatic hydroxyl groups excluding tert-OH is 1. The van der Waals surface area contributed by atoms with E-state index in [1.54, 1.807) is 0 Å². The van der Waals surface area contributed by atoms with Gasteiger partial charge in [0.05, 0.1) is 0 Å². The Morgan fingerprint density at radius 1 is 1.47 bits per heavy atom. The summed E-state index contributed by atoms with van der Waals surface area (Å²) in [5.74, 6) is 0.403. The smallest absolute Gasteiger partial charge is 0.223 e. The highest BCUT2D eigenvalue weighted by molar-refractivity contribution is 5.79. The summed E-state index contributed by atoms with van der Waals surface area (Å²) < 4.78 is 0. The monoisotopic (exact) mass is 213 g/mol. The van der Waals surface area contributed by atoms with E-state index < -0.39 is 0 Å². The molecule has 1 atom stereocenters. The predicted molar refractivity (Wildman–Crippen MR) is 60.5 cm³/mol. The van der Waals surface area contributed by atoms with Crippen molar-refractivity contribution in [3.63, 3.8) is 0 Å². The number of hydrogen-bond donors (Lipinski definition) is 2. The molecule has 0 aromatic heterocycles. The normalized spacial score (nSPS) is 21.3. The molecular formula is C12H23NO2. The van der Waals surface area contributed by atoms with Crippen LogP contribution in [0.2, 0.25) is 0 Å². The van der Waals surface area contributed by atoms with Crippen molar-refractivity contribution in [2.45, 2.75) is 57.9 Å². The largest absolute Gasteiger partial charge is 0.396 e. The molecule has 1 aliphatic carbocycles. The van der Waals surface area contributed by atoms with Crippen molar-refractivity contribution in [2.24, 2.45) is 5.92 Å². The molecule has 2 N–H and O–H groups in total. The SMILES string of the molecule is CCC(C)(CCO)NC(=O)C1CCCC1. The first-order chi connectivity index (χ1) is 7.11. The number of carbonyl (C=O) groups is 1. The van der Waals surface area contributed by atoms with E-state index in [0.717, 1.165) is 19.3 Å². The van der Waals surface area contributed by atoms with Gasteiger partial charge in [0.15, 0.2) is 0 Å². The molecular weight excluding hydrogens is 190 g/mol. The summed E-state index contributed by atoms with van der Waals surface area (Å²) in [6.07, 6.45) is 5.94. The second kappa shape index (κ2) is 5.50. The lowest BCUT2D eigenvalue weighted by molar-refractivity contribution is -0.126. The molecule has 0 bridgehead atoms. The fourth-order valence-corrected chi connectivity index (χ4v) is 2.16. The minimum absolute atomic E-state index is 0.134. The molecule has 0 aromatic carbocycles. The fraction of sp³-hybridized carbons (Fsp3) is 0.917. The van der Waals surface area contributed by atoms with E-state index in [-0.39, 0.29) is 24.0 Å². The number of amides is 1. The maximum Gasteiger partial charge on any atom is 0.223 e. The Labute approximate surface area is 92.3 Å². The number of aliphatic hydroxyl groups is 1. The predicted octanol–water partition coefficient (Wildman–Crippen LogP) is 1.84. The summed E-state index contributed by atoms with van der Waals surface area (Å²) in [6.45, 7) is 4.19. The Hall–Kier alpha value is -0.570. The van der Waals surface area contributed by atoms with Gasteiger partial charge in [0.1, 0.15) is 0 Å². The molecule has 0 radical (unpaired) electrons. The van der Waals surface area contributed by atoms with Gasteiger partial charge < -0.3 is 10.4 Å².